The standard InChI is InChI=1S/C17H16N2O3/c1-11-3-6-16(18-9-11)19-17(20)7-12-10-22-15-8-13(21-2)4-5-14(12)15/h3-6,8-10H,7H2,1-2H3,(H,18,19,20). The van der Waals surface area contributed by atoms with E-state index in [-0.39, 0.29) is 12.3 Å². The van der Waals surface area contributed by atoms with Gasteiger partial charge in [-0.1, -0.05) is 6.07 Å². The van der Waals surface area contributed by atoms with Crippen molar-refractivity contribution in [3.63, 3.8) is 0 Å². The van der Waals surface area contributed by atoms with Crippen molar-refractivity contribution < 1.29 is 13.9 Å². The molecular weight excluding hydrogens is 280 g/mol. The van der Waals surface area contributed by atoms with Gasteiger partial charge in [0.2, 0.25) is 5.91 Å². The summed E-state index contributed by atoms with van der Waals surface area (Å²) in [7, 11) is 1.60. The van der Waals surface area contributed by atoms with E-state index in [1.54, 1.807) is 31.7 Å². The van der Waals surface area contributed by atoms with Crippen molar-refractivity contribution in [2.45, 2.75) is 13.3 Å². The normalized spacial score (nSPS) is 10.6. The van der Waals surface area contributed by atoms with Gasteiger partial charge in [0.25, 0.3) is 0 Å². The van der Waals surface area contributed by atoms with Crippen LogP contribution in [0, 0.1) is 6.92 Å². The SMILES string of the molecule is COc1ccc2c(CC(=O)Nc3ccc(C)cn3)coc2c1. The summed E-state index contributed by atoms with van der Waals surface area (Å²) in [6.07, 6.45) is 3.55. The van der Waals surface area contributed by atoms with Crippen molar-refractivity contribution in [1.82, 2.24) is 4.98 Å². The first kappa shape index (κ1) is 14.1. The Balaban J connectivity index is 1.75. The van der Waals surface area contributed by atoms with Gasteiger partial charge in [0.05, 0.1) is 19.8 Å². The topological polar surface area (TPSA) is 64.4 Å². The number of benzene rings is 1. The quantitative estimate of drug-likeness (QED) is 0.802. The molecule has 0 atom stereocenters. The lowest BCUT2D eigenvalue weighted by atomic mass is 10.1. The second kappa shape index (κ2) is 5.89. The molecule has 0 aliphatic heterocycles. The van der Waals surface area contributed by atoms with Gasteiger partial charge in [-0.2, -0.15) is 0 Å². The minimum absolute atomic E-state index is 0.130. The first-order valence-electron chi connectivity index (χ1n) is 6.92. The summed E-state index contributed by atoms with van der Waals surface area (Å²) in [5.41, 5.74) is 2.59. The molecule has 0 saturated heterocycles. The maximum absolute atomic E-state index is 12.1. The van der Waals surface area contributed by atoms with Gasteiger partial charge in [-0.25, -0.2) is 4.98 Å². The van der Waals surface area contributed by atoms with E-state index in [2.05, 4.69) is 10.3 Å². The van der Waals surface area contributed by atoms with Gasteiger partial charge < -0.3 is 14.5 Å². The van der Waals surface area contributed by atoms with Crippen LogP contribution in [-0.2, 0) is 11.2 Å². The lowest BCUT2D eigenvalue weighted by Crippen LogP contribution is -2.15. The molecular formula is C17H16N2O3. The Morgan fingerprint density at radius 2 is 2.18 bits per heavy atom. The molecule has 2 heterocycles. The van der Waals surface area contributed by atoms with Crippen LogP contribution in [0.4, 0.5) is 5.82 Å². The van der Waals surface area contributed by atoms with Crippen LogP contribution in [0.5, 0.6) is 5.75 Å². The third-order valence-corrected chi connectivity index (χ3v) is 3.39. The van der Waals surface area contributed by atoms with Crippen LogP contribution in [-0.4, -0.2) is 18.0 Å². The average molecular weight is 296 g/mol. The number of fused-ring (bicyclic) bond motifs is 1. The minimum atomic E-state index is -0.130. The van der Waals surface area contributed by atoms with Gasteiger partial charge in [0.1, 0.15) is 17.2 Å². The molecule has 1 N–H and O–H groups in total. The van der Waals surface area contributed by atoms with Crippen molar-refractivity contribution in [2.75, 3.05) is 12.4 Å². The number of amides is 1. The number of rotatable bonds is 4. The Morgan fingerprint density at radius 3 is 2.91 bits per heavy atom. The van der Waals surface area contributed by atoms with Crippen molar-refractivity contribution in [1.29, 1.82) is 0 Å². The number of anilines is 1. The lowest BCUT2D eigenvalue weighted by Gasteiger charge is -2.04. The number of carbonyl (C=O) groups is 1. The predicted molar refractivity (Wildman–Crippen MR) is 84.1 cm³/mol. The van der Waals surface area contributed by atoms with Gasteiger partial charge >= 0.3 is 0 Å². The molecule has 0 unspecified atom stereocenters. The number of methoxy groups -OCH3 is 1. The summed E-state index contributed by atoms with van der Waals surface area (Å²) in [4.78, 5) is 16.3. The number of carbonyl (C=O) groups excluding carboxylic acids is 1. The Bertz CT molecular complexity index is 806. The molecule has 112 valence electrons. The van der Waals surface area contributed by atoms with E-state index in [1.807, 2.05) is 25.1 Å². The zero-order valence-electron chi connectivity index (χ0n) is 12.4. The van der Waals surface area contributed by atoms with Crippen LogP contribution in [0.2, 0.25) is 0 Å². The van der Waals surface area contributed by atoms with E-state index in [9.17, 15) is 4.79 Å². The molecule has 1 amide bonds. The van der Waals surface area contributed by atoms with Crippen LogP contribution >= 0.6 is 0 Å². The molecule has 0 spiro atoms. The van der Waals surface area contributed by atoms with Crippen molar-refractivity contribution in [3.05, 3.63) is 53.9 Å². The molecule has 0 radical (unpaired) electrons. The van der Waals surface area contributed by atoms with Gasteiger partial charge in [0, 0.05) is 23.2 Å². The number of aromatic nitrogens is 1. The van der Waals surface area contributed by atoms with Gasteiger partial charge in [-0.15, -0.1) is 0 Å². The van der Waals surface area contributed by atoms with Crippen LogP contribution in [0.1, 0.15) is 11.1 Å². The first-order valence-corrected chi connectivity index (χ1v) is 6.92. The molecule has 0 bridgehead atoms. The van der Waals surface area contributed by atoms with Crippen molar-refractivity contribution in [3.8, 4) is 5.75 Å². The maximum atomic E-state index is 12.1. The maximum Gasteiger partial charge on any atom is 0.230 e. The highest BCUT2D eigenvalue weighted by Gasteiger charge is 2.11. The molecule has 22 heavy (non-hydrogen) atoms. The van der Waals surface area contributed by atoms with Crippen molar-refractivity contribution in [2.24, 2.45) is 0 Å². The smallest absolute Gasteiger partial charge is 0.230 e. The minimum Gasteiger partial charge on any atom is -0.497 e. The molecule has 0 fully saturated rings. The molecule has 2 aromatic heterocycles. The van der Waals surface area contributed by atoms with Gasteiger partial charge in [-0.05, 0) is 30.7 Å². The third-order valence-electron chi connectivity index (χ3n) is 3.39. The molecule has 3 aromatic rings. The Labute approximate surface area is 127 Å². The molecule has 5 heteroatoms. The number of ether oxygens (including phenoxy) is 1. The van der Waals surface area contributed by atoms with Gasteiger partial charge in [0.15, 0.2) is 0 Å². The van der Waals surface area contributed by atoms with E-state index in [1.165, 1.54) is 0 Å². The number of nitrogens with one attached hydrogen (secondary N) is 1. The van der Waals surface area contributed by atoms with Crippen LogP contribution in [0.15, 0.2) is 47.2 Å². The number of furan rings is 1. The van der Waals surface area contributed by atoms with Gasteiger partial charge in [-0.3, -0.25) is 4.79 Å². The monoisotopic (exact) mass is 296 g/mol. The van der Waals surface area contributed by atoms with Crippen LogP contribution in [0.3, 0.4) is 0 Å². The zero-order valence-corrected chi connectivity index (χ0v) is 12.4. The number of hydrogen-bond acceptors (Lipinski definition) is 4. The van der Waals surface area contributed by atoms with E-state index in [0.29, 0.717) is 11.4 Å². The fourth-order valence-electron chi connectivity index (χ4n) is 2.23. The zero-order chi connectivity index (χ0) is 15.5. The number of aryl methyl sites for hydroxylation is 1. The molecule has 1 aromatic carbocycles. The molecule has 3 rings (SSSR count). The largest absolute Gasteiger partial charge is 0.497 e. The van der Waals surface area contributed by atoms with Crippen LogP contribution < -0.4 is 10.1 Å². The number of hydrogen-bond donors (Lipinski definition) is 1. The summed E-state index contributed by atoms with van der Waals surface area (Å²) in [6, 6.07) is 9.23. The van der Waals surface area contributed by atoms with E-state index < -0.39 is 0 Å². The molecule has 0 aliphatic carbocycles. The fourth-order valence-corrected chi connectivity index (χ4v) is 2.23. The van der Waals surface area contributed by atoms with Crippen molar-refractivity contribution >= 4 is 22.7 Å². The Kier molecular flexibility index (Phi) is 3.78. The average Bonchev–Trinajstić information content (AvgIpc) is 2.91. The third kappa shape index (κ3) is 2.93. The Morgan fingerprint density at radius 1 is 1.32 bits per heavy atom. The summed E-state index contributed by atoms with van der Waals surface area (Å²) in [6.45, 7) is 1.95. The Hall–Kier alpha value is -2.82. The fraction of sp³-hybridized carbons (Fsp3) is 0.176. The predicted octanol–water partition coefficient (Wildman–Crippen LogP) is 3.33. The number of nitrogens with zero attached hydrogens (tertiary/aromatic N) is 1. The summed E-state index contributed by atoms with van der Waals surface area (Å²) in [5.74, 6) is 1.14. The summed E-state index contributed by atoms with van der Waals surface area (Å²) < 4.78 is 10.6. The summed E-state index contributed by atoms with van der Waals surface area (Å²) in [5, 5.41) is 3.69. The van der Waals surface area contributed by atoms with E-state index in [0.717, 1.165) is 22.3 Å². The second-order valence-corrected chi connectivity index (χ2v) is 5.07. The highest BCUT2D eigenvalue weighted by molar-refractivity contribution is 5.94. The molecule has 5 nitrogen and oxygen atoms in total. The highest BCUT2D eigenvalue weighted by atomic mass is 16.5. The van der Waals surface area contributed by atoms with E-state index >= 15 is 0 Å². The lowest BCUT2D eigenvalue weighted by molar-refractivity contribution is -0.115. The van der Waals surface area contributed by atoms with Crippen LogP contribution in [0.25, 0.3) is 11.0 Å². The first-order chi connectivity index (χ1) is 10.7. The molecule has 0 aliphatic rings. The second-order valence-electron chi connectivity index (χ2n) is 5.07. The van der Waals surface area contributed by atoms with E-state index in [4.69, 9.17) is 9.15 Å². The summed E-state index contributed by atoms with van der Waals surface area (Å²) >= 11 is 0. The molecule has 0 saturated carbocycles. The highest BCUT2D eigenvalue weighted by Crippen LogP contribution is 2.26. The number of pyridine rings is 1.